The normalized spacial score (nSPS) is 14.9. The van der Waals surface area contributed by atoms with E-state index in [9.17, 15) is 29.4 Å². The first-order valence-corrected chi connectivity index (χ1v) is 20.1. The van der Waals surface area contributed by atoms with Crippen LogP contribution in [0.5, 0.6) is 5.75 Å². The van der Waals surface area contributed by atoms with E-state index in [1.54, 1.807) is 24.3 Å². The first-order chi connectivity index (χ1) is 24.7. The second-order valence-corrected chi connectivity index (χ2v) is 17.4. The molecule has 1 fully saturated rings. The summed E-state index contributed by atoms with van der Waals surface area (Å²) in [6.07, 6.45) is 6.22. The smallest absolute Gasteiger partial charge is 0.336 e. The van der Waals surface area contributed by atoms with Crippen molar-refractivity contribution in [2.75, 3.05) is 18.9 Å². The quantitative estimate of drug-likeness (QED) is 0.0477. The van der Waals surface area contributed by atoms with Gasteiger partial charge in [0, 0.05) is 64.8 Å². The Labute approximate surface area is 312 Å². The Morgan fingerprint density at radius 3 is 2.52 bits per heavy atom. The number of aromatic carboxylic acids is 1. The van der Waals surface area contributed by atoms with Crippen LogP contribution >= 0.6 is 21.6 Å². The van der Waals surface area contributed by atoms with E-state index in [0.29, 0.717) is 60.1 Å². The molecule has 4 N–H and O–H groups in total. The van der Waals surface area contributed by atoms with Gasteiger partial charge in [-0.05, 0) is 107 Å². The number of carbonyl (C=O) groups is 3. The zero-order chi connectivity index (χ0) is 37.5. The molecule has 278 valence electrons. The molecule has 2 aliphatic heterocycles. The number of unbranched alkanes of at least 4 members (excludes halogenated alkanes) is 1. The minimum atomic E-state index is -1.15. The number of aromatic hydroxyl groups is 1. The number of hydrogen-bond donors (Lipinski definition) is 4. The number of benzene rings is 3. The number of nitrogens with one attached hydrogen (secondary N) is 2. The number of fused-ring (bicyclic) bond motifs is 2. The fourth-order valence-corrected chi connectivity index (χ4v) is 9.41. The van der Waals surface area contributed by atoms with Crippen molar-refractivity contribution < 1.29 is 33.8 Å². The lowest BCUT2D eigenvalue weighted by atomic mass is 9.89. The molecular weight excluding hydrogens is 701 g/mol. The highest BCUT2D eigenvalue weighted by atomic mass is 33.1. The molecule has 2 aromatic rings. The van der Waals surface area contributed by atoms with E-state index >= 15 is 0 Å². The summed E-state index contributed by atoms with van der Waals surface area (Å²) >= 11 is 0. The van der Waals surface area contributed by atoms with E-state index in [1.165, 1.54) is 48.9 Å². The number of ether oxygens (including phenoxy) is 1. The summed E-state index contributed by atoms with van der Waals surface area (Å²) in [4.78, 5) is 50.2. The molecule has 0 aromatic heterocycles. The maximum atomic E-state index is 13.3. The van der Waals surface area contributed by atoms with Crippen molar-refractivity contribution in [1.29, 1.82) is 0 Å². The Kier molecular flexibility index (Phi) is 13.0. The molecule has 1 atom stereocenters. The molecule has 2 amide bonds. The van der Waals surface area contributed by atoms with Crippen molar-refractivity contribution in [1.82, 2.24) is 10.6 Å². The van der Waals surface area contributed by atoms with Crippen molar-refractivity contribution in [3.63, 3.8) is 0 Å². The van der Waals surface area contributed by atoms with Crippen molar-refractivity contribution in [3.8, 4) is 28.2 Å². The third-order valence-corrected chi connectivity index (χ3v) is 12.3. The zero-order valence-electron chi connectivity index (χ0n) is 30.2. The van der Waals surface area contributed by atoms with E-state index in [1.807, 2.05) is 49.3 Å². The van der Waals surface area contributed by atoms with Gasteiger partial charge in [0.2, 0.25) is 11.8 Å². The van der Waals surface area contributed by atoms with E-state index in [-0.39, 0.29) is 46.3 Å². The van der Waals surface area contributed by atoms with Gasteiger partial charge < -0.3 is 30.0 Å². The van der Waals surface area contributed by atoms with Crippen LogP contribution in [0.3, 0.4) is 0 Å². The van der Waals surface area contributed by atoms with Crippen molar-refractivity contribution in [3.05, 3.63) is 75.9 Å². The molecule has 2 heterocycles. The highest BCUT2D eigenvalue weighted by Crippen LogP contribution is 2.42. The lowest BCUT2D eigenvalue weighted by Crippen LogP contribution is -2.45. The van der Waals surface area contributed by atoms with Gasteiger partial charge in [-0.25, -0.2) is 4.79 Å². The van der Waals surface area contributed by atoms with Crippen LogP contribution in [0.1, 0.15) is 88.6 Å². The van der Waals surface area contributed by atoms with Gasteiger partial charge in [0.25, 0.3) is 0 Å². The third-order valence-electron chi connectivity index (χ3n) is 9.28. The first-order valence-electron chi connectivity index (χ1n) is 17.8. The Bertz CT molecular complexity index is 1930. The summed E-state index contributed by atoms with van der Waals surface area (Å²) in [6, 6.07) is 13.6. The van der Waals surface area contributed by atoms with Gasteiger partial charge in [0.1, 0.15) is 17.1 Å². The average Bonchev–Trinajstić information content (AvgIpc) is 3.58. The molecule has 2 aromatic carbocycles. The van der Waals surface area contributed by atoms with E-state index < -0.39 is 17.1 Å². The summed E-state index contributed by atoms with van der Waals surface area (Å²) < 4.78 is 12.1. The second-order valence-electron chi connectivity index (χ2n) is 14.6. The maximum Gasteiger partial charge on any atom is 0.336 e. The predicted molar refractivity (Wildman–Crippen MR) is 208 cm³/mol. The van der Waals surface area contributed by atoms with Gasteiger partial charge in [-0.3, -0.25) is 14.4 Å². The molecule has 0 bridgehead atoms. The van der Waals surface area contributed by atoms with Crippen LogP contribution in [0.4, 0.5) is 0 Å². The predicted octanol–water partition coefficient (Wildman–Crippen LogP) is 7.81. The standard InChI is InChI=1S/C40H48N2O8S2/c1-39(2,17-19-49-40(3,4)16-18-41-35(45)8-6-5-7-28-15-20-51-52-28)42-36(46)22-25-9-12-29(38(47)48)32(21-25)37-30-13-10-26(43)23-33(30)50-34-24-27(44)11-14-31(34)37/h9-14,21,23-24,28,43H,5-8,15-20,22H2,1-4H3,(H,41,45)(H,42,46)(H,47,48). The van der Waals surface area contributed by atoms with Gasteiger partial charge in [-0.15, -0.1) is 0 Å². The third kappa shape index (κ3) is 10.8. The number of hydrogen-bond acceptors (Lipinski definition) is 9. The van der Waals surface area contributed by atoms with Crippen molar-refractivity contribution >= 4 is 50.3 Å². The topological polar surface area (TPSA) is 155 Å². The van der Waals surface area contributed by atoms with Crippen LogP contribution in [-0.2, 0) is 20.7 Å². The summed E-state index contributed by atoms with van der Waals surface area (Å²) in [5, 5.41) is 27.7. The molecule has 3 aliphatic rings. The molecule has 1 saturated heterocycles. The van der Waals surface area contributed by atoms with E-state index in [4.69, 9.17) is 9.15 Å². The fraction of sp³-hybridized carbons (Fsp3) is 0.450. The lowest BCUT2D eigenvalue weighted by molar-refractivity contribution is -0.122. The minimum absolute atomic E-state index is 0.000436. The SMILES string of the molecule is CC(C)(CCOC(C)(C)CCNC(=O)CCCCC1CCSS1)NC(=O)Cc1ccc(C(=O)O)c(-c2c3ccc(=O)cc-3oc3cc(O)ccc23)c1. The van der Waals surface area contributed by atoms with Crippen LogP contribution in [-0.4, -0.2) is 63.3 Å². The van der Waals surface area contributed by atoms with Gasteiger partial charge in [-0.2, -0.15) is 0 Å². The second kappa shape index (κ2) is 17.2. The van der Waals surface area contributed by atoms with Crippen LogP contribution in [0.2, 0.25) is 0 Å². The number of phenolic OH excluding ortho intramolecular Hbond substituents is 1. The zero-order valence-corrected chi connectivity index (χ0v) is 31.8. The van der Waals surface area contributed by atoms with Crippen LogP contribution in [0, 0.1) is 0 Å². The number of carbonyl (C=O) groups excluding carboxylic acids is 2. The van der Waals surface area contributed by atoms with Crippen LogP contribution in [0.15, 0.2) is 63.8 Å². The largest absolute Gasteiger partial charge is 0.508 e. The maximum absolute atomic E-state index is 13.3. The Balaban J connectivity index is 1.17. The monoisotopic (exact) mass is 748 g/mol. The summed E-state index contributed by atoms with van der Waals surface area (Å²) in [6.45, 7) is 8.79. The van der Waals surface area contributed by atoms with Gasteiger partial charge in [0.05, 0.1) is 17.6 Å². The van der Waals surface area contributed by atoms with Crippen LogP contribution in [0.25, 0.3) is 33.4 Å². The Morgan fingerprint density at radius 2 is 1.77 bits per heavy atom. The Hall–Kier alpha value is -4.00. The number of carboxylic acids is 1. The lowest BCUT2D eigenvalue weighted by Gasteiger charge is -2.30. The summed E-state index contributed by atoms with van der Waals surface area (Å²) in [7, 11) is 3.93. The molecule has 12 heteroatoms. The van der Waals surface area contributed by atoms with Gasteiger partial charge in [0.15, 0.2) is 5.43 Å². The van der Waals surface area contributed by atoms with Crippen molar-refractivity contribution in [2.24, 2.45) is 0 Å². The number of amides is 2. The highest BCUT2D eigenvalue weighted by molar-refractivity contribution is 8.77. The first kappa shape index (κ1) is 39.2. The van der Waals surface area contributed by atoms with Gasteiger partial charge in [-0.1, -0.05) is 34.1 Å². The van der Waals surface area contributed by atoms with Crippen LogP contribution < -0.4 is 16.1 Å². The number of rotatable bonds is 17. The molecular formula is C40H48N2O8S2. The highest BCUT2D eigenvalue weighted by Gasteiger charge is 2.26. The molecule has 0 spiro atoms. The van der Waals surface area contributed by atoms with Gasteiger partial charge >= 0.3 is 5.97 Å². The molecule has 1 unspecified atom stereocenters. The number of phenols is 1. The average molecular weight is 749 g/mol. The molecule has 0 radical (unpaired) electrons. The van der Waals surface area contributed by atoms with E-state index in [2.05, 4.69) is 10.6 Å². The summed E-state index contributed by atoms with van der Waals surface area (Å²) in [5.41, 5.74) is 0.971. The van der Waals surface area contributed by atoms with E-state index in [0.717, 1.165) is 18.1 Å². The molecule has 5 rings (SSSR count). The fourth-order valence-electron chi connectivity index (χ4n) is 6.38. The molecule has 52 heavy (non-hydrogen) atoms. The summed E-state index contributed by atoms with van der Waals surface area (Å²) in [5.74, 6) is 0.132. The minimum Gasteiger partial charge on any atom is -0.508 e. The molecule has 0 saturated carbocycles. The Morgan fingerprint density at radius 1 is 0.962 bits per heavy atom. The molecule has 1 aliphatic carbocycles. The van der Waals surface area contributed by atoms with Crippen molar-refractivity contribution in [2.45, 2.75) is 95.5 Å². The number of carboxylic acid groups (broad SMARTS) is 1. The molecule has 10 nitrogen and oxygen atoms in total.